The van der Waals surface area contributed by atoms with Gasteiger partial charge in [-0.2, -0.15) is 0 Å². The highest BCUT2D eigenvalue weighted by molar-refractivity contribution is 9.10. The van der Waals surface area contributed by atoms with Crippen LogP contribution in [-0.4, -0.2) is 28.7 Å². The minimum atomic E-state index is -1.04. The van der Waals surface area contributed by atoms with Crippen molar-refractivity contribution in [3.05, 3.63) is 63.9 Å². The lowest BCUT2D eigenvalue weighted by molar-refractivity contribution is -0.121. The van der Waals surface area contributed by atoms with Gasteiger partial charge in [0.25, 0.3) is 11.8 Å². The lowest BCUT2D eigenvalue weighted by Gasteiger charge is -2.29. The molecule has 1 N–H and O–H groups in total. The van der Waals surface area contributed by atoms with E-state index in [1.54, 1.807) is 37.3 Å². The van der Waals surface area contributed by atoms with Crippen LogP contribution in [0.25, 0.3) is 0 Å². The highest BCUT2D eigenvalue weighted by Gasteiger charge is 2.44. The third kappa shape index (κ3) is 3.51. The molecule has 2 aromatic carbocycles. The van der Waals surface area contributed by atoms with Crippen molar-refractivity contribution in [3.63, 3.8) is 0 Å². The Morgan fingerprint density at radius 2 is 1.74 bits per heavy atom. The number of fused-ring (bicyclic) bond motifs is 1. The third-order valence-corrected chi connectivity index (χ3v) is 5.24. The first kappa shape index (κ1) is 19.2. The van der Waals surface area contributed by atoms with E-state index in [1.165, 1.54) is 12.1 Å². The summed E-state index contributed by atoms with van der Waals surface area (Å²) in [5, 5.41) is 2.52. The fourth-order valence-corrected chi connectivity index (χ4v) is 3.44. The van der Waals surface area contributed by atoms with E-state index < -0.39 is 29.6 Å². The standard InChI is InChI=1S/C20H18BrFN2O3/c1-3-11(2)17(18(25)23-16-9-8-12(21)10-15(16)22)24-19(26)13-6-4-5-7-14(13)20(24)27/h4-11,17H,3H2,1-2H3,(H,23,25). The second-order valence-corrected chi connectivity index (χ2v) is 7.39. The van der Waals surface area contributed by atoms with Gasteiger partial charge >= 0.3 is 0 Å². The molecule has 0 spiro atoms. The van der Waals surface area contributed by atoms with Crippen LogP contribution in [0.15, 0.2) is 46.9 Å². The number of nitrogens with one attached hydrogen (secondary N) is 1. The molecule has 27 heavy (non-hydrogen) atoms. The van der Waals surface area contributed by atoms with Crippen LogP contribution >= 0.6 is 15.9 Å². The molecule has 3 rings (SSSR count). The molecule has 1 heterocycles. The van der Waals surface area contributed by atoms with Gasteiger partial charge in [-0.3, -0.25) is 19.3 Å². The maximum atomic E-state index is 14.1. The molecule has 0 radical (unpaired) electrons. The summed E-state index contributed by atoms with van der Waals surface area (Å²) in [5.41, 5.74) is 0.546. The predicted octanol–water partition coefficient (Wildman–Crippen LogP) is 4.24. The van der Waals surface area contributed by atoms with Crippen LogP contribution in [0.4, 0.5) is 10.1 Å². The number of amides is 3. The van der Waals surface area contributed by atoms with E-state index in [0.717, 1.165) is 4.90 Å². The zero-order valence-electron chi connectivity index (χ0n) is 14.8. The first-order valence-electron chi connectivity index (χ1n) is 8.58. The van der Waals surface area contributed by atoms with E-state index in [9.17, 15) is 18.8 Å². The highest BCUT2D eigenvalue weighted by Crippen LogP contribution is 2.29. The molecule has 1 aliphatic rings. The molecule has 0 saturated heterocycles. The number of rotatable bonds is 5. The highest BCUT2D eigenvalue weighted by atomic mass is 79.9. The molecular formula is C20H18BrFN2O3. The number of imide groups is 1. The van der Waals surface area contributed by atoms with Crippen molar-refractivity contribution in [2.75, 3.05) is 5.32 Å². The molecule has 5 nitrogen and oxygen atoms in total. The number of carbonyl (C=O) groups excluding carboxylic acids is 3. The van der Waals surface area contributed by atoms with Gasteiger partial charge in [-0.1, -0.05) is 48.3 Å². The molecule has 0 saturated carbocycles. The zero-order valence-corrected chi connectivity index (χ0v) is 16.4. The summed E-state index contributed by atoms with van der Waals surface area (Å²) in [6, 6.07) is 9.68. The van der Waals surface area contributed by atoms with Crippen LogP contribution in [-0.2, 0) is 4.79 Å². The Bertz CT molecular complexity index is 896. The van der Waals surface area contributed by atoms with E-state index in [2.05, 4.69) is 21.2 Å². The van der Waals surface area contributed by atoms with Crippen molar-refractivity contribution in [2.24, 2.45) is 5.92 Å². The molecule has 0 bridgehead atoms. The van der Waals surface area contributed by atoms with Crippen molar-refractivity contribution in [2.45, 2.75) is 26.3 Å². The quantitative estimate of drug-likeness (QED) is 0.718. The van der Waals surface area contributed by atoms with Crippen molar-refractivity contribution < 1.29 is 18.8 Å². The van der Waals surface area contributed by atoms with Gasteiger partial charge in [0.2, 0.25) is 5.91 Å². The molecule has 0 aromatic heterocycles. The summed E-state index contributed by atoms with van der Waals surface area (Å²) in [4.78, 5) is 39.5. The van der Waals surface area contributed by atoms with E-state index in [-0.39, 0.29) is 22.7 Å². The average Bonchev–Trinajstić information content (AvgIpc) is 2.89. The van der Waals surface area contributed by atoms with Gasteiger partial charge in [-0.15, -0.1) is 0 Å². The van der Waals surface area contributed by atoms with Gasteiger partial charge in [0.15, 0.2) is 0 Å². The molecular weight excluding hydrogens is 415 g/mol. The number of carbonyl (C=O) groups is 3. The maximum absolute atomic E-state index is 14.1. The second kappa shape index (κ2) is 7.60. The van der Waals surface area contributed by atoms with Crippen LogP contribution in [0.5, 0.6) is 0 Å². The SMILES string of the molecule is CCC(C)C(C(=O)Nc1ccc(Br)cc1F)N1C(=O)c2ccccc2C1=O. The Kier molecular flexibility index (Phi) is 5.41. The fourth-order valence-electron chi connectivity index (χ4n) is 3.11. The van der Waals surface area contributed by atoms with Crippen LogP contribution in [0.2, 0.25) is 0 Å². The minimum absolute atomic E-state index is 0.00638. The smallest absolute Gasteiger partial charge is 0.262 e. The summed E-state index contributed by atoms with van der Waals surface area (Å²) in [6.07, 6.45) is 0.564. The van der Waals surface area contributed by atoms with Crippen molar-refractivity contribution in [3.8, 4) is 0 Å². The van der Waals surface area contributed by atoms with Gasteiger partial charge in [0.1, 0.15) is 11.9 Å². The molecule has 1 aliphatic heterocycles. The number of nitrogens with zero attached hydrogens (tertiary/aromatic N) is 1. The largest absolute Gasteiger partial charge is 0.322 e. The fraction of sp³-hybridized carbons (Fsp3) is 0.250. The summed E-state index contributed by atoms with van der Waals surface area (Å²) >= 11 is 3.16. The molecule has 7 heteroatoms. The third-order valence-electron chi connectivity index (χ3n) is 4.74. The summed E-state index contributed by atoms with van der Waals surface area (Å²) < 4.78 is 14.6. The second-order valence-electron chi connectivity index (χ2n) is 6.47. The Morgan fingerprint density at radius 1 is 1.15 bits per heavy atom. The van der Waals surface area contributed by atoms with E-state index in [1.807, 2.05) is 6.92 Å². The molecule has 2 aromatic rings. The summed E-state index contributed by atoms with van der Waals surface area (Å²) in [7, 11) is 0. The molecule has 2 atom stereocenters. The topological polar surface area (TPSA) is 66.5 Å². The van der Waals surface area contributed by atoms with Crippen LogP contribution in [0.1, 0.15) is 41.0 Å². The van der Waals surface area contributed by atoms with Crippen LogP contribution in [0.3, 0.4) is 0 Å². The first-order valence-corrected chi connectivity index (χ1v) is 9.37. The van der Waals surface area contributed by atoms with Gasteiger partial charge in [0, 0.05) is 4.47 Å². The lowest BCUT2D eigenvalue weighted by Crippen LogP contribution is -2.50. The Morgan fingerprint density at radius 3 is 2.26 bits per heavy atom. The van der Waals surface area contributed by atoms with E-state index >= 15 is 0 Å². The predicted molar refractivity (Wildman–Crippen MR) is 103 cm³/mol. The Balaban J connectivity index is 1.94. The van der Waals surface area contributed by atoms with Gasteiger partial charge in [0.05, 0.1) is 16.8 Å². The molecule has 140 valence electrons. The first-order chi connectivity index (χ1) is 12.8. The van der Waals surface area contributed by atoms with Gasteiger partial charge in [-0.25, -0.2) is 4.39 Å². The number of halogens is 2. The van der Waals surface area contributed by atoms with Crippen LogP contribution < -0.4 is 5.32 Å². The molecule has 2 unspecified atom stereocenters. The number of benzene rings is 2. The average molecular weight is 433 g/mol. The maximum Gasteiger partial charge on any atom is 0.262 e. The Hall–Kier alpha value is -2.54. The van der Waals surface area contributed by atoms with E-state index in [4.69, 9.17) is 0 Å². The summed E-state index contributed by atoms with van der Waals surface area (Å²) in [5.74, 6) is -2.52. The molecule has 0 aliphatic carbocycles. The molecule has 3 amide bonds. The number of anilines is 1. The Labute approximate surface area is 164 Å². The number of hydrogen-bond acceptors (Lipinski definition) is 3. The monoisotopic (exact) mass is 432 g/mol. The van der Waals surface area contributed by atoms with E-state index in [0.29, 0.717) is 10.9 Å². The normalized spacial score (nSPS) is 15.5. The van der Waals surface area contributed by atoms with Crippen molar-refractivity contribution >= 4 is 39.3 Å². The van der Waals surface area contributed by atoms with Crippen LogP contribution in [0, 0.1) is 11.7 Å². The van der Waals surface area contributed by atoms with Gasteiger partial charge in [-0.05, 0) is 36.2 Å². The van der Waals surface area contributed by atoms with Gasteiger partial charge < -0.3 is 5.32 Å². The zero-order chi connectivity index (χ0) is 19.7. The molecule has 0 fully saturated rings. The van der Waals surface area contributed by atoms with Crippen molar-refractivity contribution in [1.29, 1.82) is 0 Å². The summed E-state index contributed by atoms with van der Waals surface area (Å²) in [6.45, 7) is 3.65. The number of hydrogen-bond donors (Lipinski definition) is 1. The minimum Gasteiger partial charge on any atom is -0.322 e. The lowest BCUT2D eigenvalue weighted by atomic mass is 9.96. The van der Waals surface area contributed by atoms with Crippen molar-refractivity contribution in [1.82, 2.24) is 4.90 Å².